The van der Waals surface area contributed by atoms with Gasteiger partial charge in [0.1, 0.15) is 5.75 Å². The van der Waals surface area contributed by atoms with Crippen molar-refractivity contribution in [2.45, 2.75) is 20.3 Å². The molecule has 0 unspecified atom stereocenters. The van der Waals surface area contributed by atoms with Gasteiger partial charge in [-0.3, -0.25) is 4.79 Å². The zero-order valence-electron chi connectivity index (χ0n) is 13.1. The molecule has 2 N–H and O–H groups in total. The maximum Gasteiger partial charge on any atom is 0.256 e. The molecular formula is C19H18ClNO2. The van der Waals surface area contributed by atoms with Crippen LogP contribution in [0.15, 0.2) is 30.3 Å². The van der Waals surface area contributed by atoms with Crippen molar-refractivity contribution in [2.75, 3.05) is 11.2 Å². The fourth-order valence-electron chi connectivity index (χ4n) is 2.88. The molecule has 2 aromatic rings. The van der Waals surface area contributed by atoms with Gasteiger partial charge in [-0.25, -0.2) is 0 Å². The van der Waals surface area contributed by atoms with E-state index >= 15 is 0 Å². The molecule has 0 saturated heterocycles. The molecule has 2 aromatic carbocycles. The Hall–Kier alpha value is -2.26. The quantitative estimate of drug-likeness (QED) is 0.653. The second kappa shape index (κ2) is 6.09. The average Bonchev–Trinajstić information content (AvgIpc) is 2.81. The SMILES string of the molecule is Cc1cc(C=C2C(=O)Nc3ccc(CCCl)cc32)cc(C)c1O. The second-order valence-electron chi connectivity index (χ2n) is 5.83. The summed E-state index contributed by atoms with van der Waals surface area (Å²) in [5.41, 5.74) is 5.98. The van der Waals surface area contributed by atoms with Crippen LogP contribution in [0, 0.1) is 13.8 Å². The number of carbonyl (C=O) groups is 1. The van der Waals surface area contributed by atoms with Gasteiger partial charge in [-0.1, -0.05) is 6.07 Å². The third kappa shape index (κ3) is 2.97. The minimum atomic E-state index is -0.105. The molecule has 1 aliphatic rings. The summed E-state index contributed by atoms with van der Waals surface area (Å²) < 4.78 is 0. The number of phenols is 1. The van der Waals surface area contributed by atoms with Gasteiger partial charge in [0.25, 0.3) is 5.91 Å². The van der Waals surface area contributed by atoms with E-state index in [0.29, 0.717) is 17.2 Å². The van der Waals surface area contributed by atoms with Crippen molar-refractivity contribution in [3.8, 4) is 5.75 Å². The van der Waals surface area contributed by atoms with Gasteiger partial charge in [0.15, 0.2) is 0 Å². The summed E-state index contributed by atoms with van der Waals surface area (Å²) in [5, 5.41) is 12.8. The Balaban J connectivity index is 2.07. The number of aromatic hydroxyl groups is 1. The van der Waals surface area contributed by atoms with Crippen molar-refractivity contribution >= 4 is 34.8 Å². The normalized spacial score (nSPS) is 14.9. The van der Waals surface area contributed by atoms with E-state index in [1.165, 1.54) is 0 Å². The van der Waals surface area contributed by atoms with Crippen LogP contribution in [0.4, 0.5) is 5.69 Å². The highest BCUT2D eigenvalue weighted by atomic mass is 35.5. The molecule has 1 amide bonds. The number of nitrogens with one attached hydrogen (secondary N) is 1. The lowest BCUT2D eigenvalue weighted by Crippen LogP contribution is -2.03. The van der Waals surface area contributed by atoms with Crippen molar-refractivity contribution < 1.29 is 9.90 Å². The topological polar surface area (TPSA) is 49.3 Å². The number of aryl methyl sites for hydroxylation is 3. The molecule has 118 valence electrons. The van der Waals surface area contributed by atoms with Crippen LogP contribution in [-0.2, 0) is 11.2 Å². The molecule has 23 heavy (non-hydrogen) atoms. The molecular weight excluding hydrogens is 310 g/mol. The number of phenolic OH excluding ortho intramolecular Hbond substituents is 1. The van der Waals surface area contributed by atoms with Crippen molar-refractivity contribution in [1.82, 2.24) is 0 Å². The van der Waals surface area contributed by atoms with Crippen molar-refractivity contribution in [3.63, 3.8) is 0 Å². The average molecular weight is 328 g/mol. The van der Waals surface area contributed by atoms with E-state index in [9.17, 15) is 9.90 Å². The van der Waals surface area contributed by atoms with Crippen molar-refractivity contribution in [2.24, 2.45) is 0 Å². The minimum Gasteiger partial charge on any atom is -0.507 e. The summed E-state index contributed by atoms with van der Waals surface area (Å²) in [4.78, 5) is 12.3. The number of rotatable bonds is 3. The first kappa shape index (κ1) is 15.6. The maximum atomic E-state index is 12.3. The van der Waals surface area contributed by atoms with Gasteiger partial charge in [-0.2, -0.15) is 0 Å². The molecule has 3 rings (SSSR count). The lowest BCUT2D eigenvalue weighted by Gasteiger charge is -2.06. The molecule has 1 heterocycles. The minimum absolute atomic E-state index is 0.105. The number of amides is 1. The second-order valence-corrected chi connectivity index (χ2v) is 6.21. The first-order chi connectivity index (χ1) is 11.0. The summed E-state index contributed by atoms with van der Waals surface area (Å²) >= 11 is 5.81. The first-order valence-electron chi connectivity index (χ1n) is 7.52. The molecule has 0 aliphatic carbocycles. The maximum absolute atomic E-state index is 12.3. The number of alkyl halides is 1. The summed E-state index contributed by atoms with van der Waals surface area (Å²) in [7, 11) is 0. The molecule has 4 heteroatoms. The van der Waals surface area contributed by atoms with E-state index in [0.717, 1.165) is 39.9 Å². The van der Waals surface area contributed by atoms with Gasteiger partial charge in [-0.05, 0) is 72.9 Å². The molecule has 0 saturated carbocycles. The fourth-order valence-corrected chi connectivity index (χ4v) is 3.10. The van der Waals surface area contributed by atoms with Crippen LogP contribution in [-0.4, -0.2) is 16.9 Å². The van der Waals surface area contributed by atoms with Crippen LogP contribution in [0.1, 0.15) is 27.8 Å². The summed E-state index contributed by atoms with van der Waals surface area (Å²) in [5.74, 6) is 0.745. The van der Waals surface area contributed by atoms with Gasteiger partial charge >= 0.3 is 0 Å². The number of anilines is 1. The van der Waals surface area contributed by atoms with Gasteiger partial charge in [-0.15, -0.1) is 11.6 Å². The van der Waals surface area contributed by atoms with E-state index in [-0.39, 0.29) is 5.91 Å². The Morgan fingerprint density at radius 1 is 1.17 bits per heavy atom. The number of fused-ring (bicyclic) bond motifs is 1. The molecule has 1 aliphatic heterocycles. The Labute approximate surface area is 140 Å². The molecule has 0 bridgehead atoms. The third-order valence-corrected chi connectivity index (χ3v) is 4.26. The third-order valence-electron chi connectivity index (χ3n) is 4.07. The first-order valence-corrected chi connectivity index (χ1v) is 8.05. The number of hydrogen-bond donors (Lipinski definition) is 2. The van der Waals surface area contributed by atoms with E-state index in [2.05, 4.69) is 5.32 Å². The van der Waals surface area contributed by atoms with Crippen LogP contribution in [0.5, 0.6) is 5.75 Å². The van der Waals surface area contributed by atoms with Crippen LogP contribution in [0.2, 0.25) is 0 Å². The Morgan fingerprint density at radius 3 is 2.52 bits per heavy atom. The zero-order valence-corrected chi connectivity index (χ0v) is 13.9. The predicted octanol–water partition coefficient (Wildman–Crippen LogP) is 4.28. The largest absolute Gasteiger partial charge is 0.507 e. The van der Waals surface area contributed by atoms with Crippen LogP contribution >= 0.6 is 11.6 Å². The standard InChI is InChI=1S/C19H18ClNO2/c1-11-7-14(8-12(2)18(11)22)10-16-15-9-13(5-6-20)3-4-17(15)21-19(16)23/h3-4,7-10,22H,5-6H2,1-2H3,(H,21,23). The highest BCUT2D eigenvalue weighted by molar-refractivity contribution is 6.35. The lowest BCUT2D eigenvalue weighted by atomic mass is 9.99. The molecule has 0 fully saturated rings. The van der Waals surface area contributed by atoms with Gasteiger partial charge in [0.2, 0.25) is 0 Å². The molecule has 0 aromatic heterocycles. The number of hydrogen-bond acceptors (Lipinski definition) is 2. The van der Waals surface area contributed by atoms with Crippen LogP contribution in [0.3, 0.4) is 0 Å². The monoisotopic (exact) mass is 327 g/mol. The number of carbonyl (C=O) groups excluding carboxylic acids is 1. The van der Waals surface area contributed by atoms with Crippen LogP contribution in [0.25, 0.3) is 11.6 Å². The van der Waals surface area contributed by atoms with Crippen molar-refractivity contribution in [1.29, 1.82) is 0 Å². The summed E-state index contributed by atoms with van der Waals surface area (Å²) in [6.07, 6.45) is 2.64. The van der Waals surface area contributed by atoms with E-state index < -0.39 is 0 Å². The van der Waals surface area contributed by atoms with Crippen molar-refractivity contribution in [3.05, 3.63) is 58.1 Å². The van der Waals surface area contributed by atoms with E-state index in [4.69, 9.17) is 11.6 Å². The van der Waals surface area contributed by atoms with Gasteiger partial charge < -0.3 is 10.4 Å². The predicted molar refractivity (Wildman–Crippen MR) is 94.9 cm³/mol. The Morgan fingerprint density at radius 2 is 1.87 bits per heavy atom. The molecule has 0 atom stereocenters. The fraction of sp³-hybridized carbons (Fsp3) is 0.211. The Kier molecular flexibility index (Phi) is 4.14. The molecule has 0 radical (unpaired) electrons. The highest BCUT2D eigenvalue weighted by Gasteiger charge is 2.24. The molecule has 3 nitrogen and oxygen atoms in total. The Bertz CT molecular complexity index is 801. The zero-order chi connectivity index (χ0) is 16.6. The number of benzene rings is 2. The summed E-state index contributed by atoms with van der Waals surface area (Å²) in [6.45, 7) is 3.71. The lowest BCUT2D eigenvalue weighted by molar-refractivity contribution is -0.110. The van der Waals surface area contributed by atoms with Gasteiger partial charge in [0, 0.05) is 22.7 Å². The summed E-state index contributed by atoms with van der Waals surface area (Å²) in [6, 6.07) is 9.68. The van der Waals surface area contributed by atoms with Crippen LogP contribution < -0.4 is 5.32 Å². The van der Waals surface area contributed by atoms with Gasteiger partial charge in [0.05, 0.1) is 0 Å². The molecule has 0 spiro atoms. The van der Waals surface area contributed by atoms with E-state index in [1.807, 2.05) is 50.3 Å². The number of halogens is 1. The smallest absolute Gasteiger partial charge is 0.256 e. The highest BCUT2D eigenvalue weighted by Crippen LogP contribution is 2.35. The van der Waals surface area contributed by atoms with E-state index in [1.54, 1.807) is 0 Å².